The van der Waals surface area contributed by atoms with Gasteiger partial charge in [0.05, 0.1) is 0 Å². The molecule has 2 rings (SSSR count). The van der Waals surface area contributed by atoms with Crippen molar-refractivity contribution in [2.24, 2.45) is 3.77 Å². The SMILES string of the molecule is FS(F)(F)(F)(F)N=S(Oc1ccccc1)Oc1ccccc1. The molecule has 122 valence electrons. The molecule has 0 aliphatic heterocycles. The van der Waals surface area contributed by atoms with Gasteiger partial charge in [-0.15, -0.1) is 0 Å². The van der Waals surface area contributed by atoms with Gasteiger partial charge in [-0.05, 0) is 28.0 Å². The molecular weight excluding hydrogens is 349 g/mol. The van der Waals surface area contributed by atoms with Gasteiger partial charge in [0.15, 0.2) is 0 Å². The molecule has 0 spiro atoms. The van der Waals surface area contributed by atoms with Crippen molar-refractivity contribution in [2.75, 3.05) is 0 Å². The zero-order chi connectivity index (χ0) is 16.3. The maximum Gasteiger partial charge on any atom is 0.392 e. The van der Waals surface area contributed by atoms with Gasteiger partial charge >= 0.3 is 21.7 Å². The Labute approximate surface area is 126 Å². The van der Waals surface area contributed by atoms with Gasteiger partial charge in [-0.1, -0.05) is 55.8 Å². The lowest BCUT2D eigenvalue weighted by Gasteiger charge is -2.34. The first-order valence-electron chi connectivity index (χ1n) is 5.70. The third-order valence-electron chi connectivity index (χ3n) is 2.02. The monoisotopic (exact) mass is 359 g/mol. The van der Waals surface area contributed by atoms with Gasteiger partial charge < -0.3 is 8.37 Å². The Morgan fingerprint density at radius 1 is 0.682 bits per heavy atom. The molecule has 0 heterocycles. The number of para-hydroxylation sites is 2. The van der Waals surface area contributed by atoms with Gasteiger partial charge in [0.25, 0.3) is 0 Å². The van der Waals surface area contributed by atoms with E-state index in [1.165, 1.54) is 48.5 Å². The number of rotatable bonds is 5. The minimum atomic E-state index is -10.0. The molecule has 0 radical (unpaired) electrons. The Bertz CT molecular complexity index is 634. The molecule has 2 aromatic rings. The van der Waals surface area contributed by atoms with E-state index in [-0.39, 0.29) is 11.5 Å². The second-order valence-electron chi connectivity index (χ2n) is 4.01. The van der Waals surface area contributed by atoms with Crippen molar-refractivity contribution >= 4 is 21.7 Å². The second kappa shape index (κ2) is 5.13. The Hall–Kier alpha value is -1.81. The van der Waals surface area contributed by atoms with Crippen LogP contribution in [0.25, 0.3) is 0 Å². The highest BCUT2D eigenvalue weighted by molar-refractivity contribution is 8.46. The molecular formula is C12H10F5NO2S2. The summed E-state index contributed by atoms with van der Waals surface area (Å²) >= 11 is -2.87. The Kier molecular flexibility index (Phi) is 3.86. The van der Waals surface area contributed by atoms with E-state index in [4.69, 9.17) is 8.37 Å². The Morgan fingerprint density at radius 3 is 1.36 bits per heavy atom. The van der Waals surface area contributed by atoms with Crippen molar-refractivity contribution < 1.29 is 27.8 Å². The van der Waals surface area contributed by atoms with Crippen LogP contribution in [0.5, 0.6) is 11.5 Å². The van der Waals surface area contributed by atoms with Gasteiger partial charge in [-0.2, -0.15) is 0 Å². The van der Waals surface area contributed by atoms with Gasteiger partial charge in [-0.25, -0.2) is 0 Å². The normalized spacial score (nSPS) is 14.8. The summed E-state index contributed by atoms with van der Waals surface area (Å²) in [6.07, 6.45) is 0. The van der Waals surface area contributed by atoms with Crippen LogP contribution >= 0.6 is 10.4 Å². The van der Waals surface area contributed by atoms with E-state index in [2.05, 4.69) is 0 Å². The predicted molar refractivity (Wildman–Crippen MR) is 77.1 cm³/mol. The van der Waals surface area contributed by atoms with E-state index >= 15 is 0 Å². The summed E-state index contributed by atoms with van der Waals surface area (Å²) in [5.41, 5.74) is 0. The number of halogens is 5. The van der Waals surface area contributed by atoms with E-state index in [1.54, 1.807) is 15.9 Å². The summed E-state index contributed by atoms with van der Waals surface area (Å²) in [5, 5.41) is 0. The topological polar surface area (TPSA) is 30.8 Å². The third-order valence-corrected chi connectivity index (χ3v) is 4.31. The summed E-state index contributed by atoms with van der Waals surface area (Å²) < 4.78 is 74.0. The van der Waals surface area contributed by atoms with Crippen LogP contribution in [0.4, 0.5) is 19.4 Å². The molecule has 0 saturated heterocycles. The average Bonchev–Trinajstić information content (AvgIpc) is 2.37. The first kappa shape index (κ1) is 16.6. The lowest BCUT2D eigenvalue weighted by molar-refractivity contribution is 0.366. The summed E-state index contributed by atoms with van der Waals surface area (Å²) in [6, 6.07) is 14.3. The minimum absolute atomic E-state index is 0.0765. The fraction of sp³-hybridized carbons (Fsp3) is 0. The molecule has 0 saturated carbocycles. The van der Waals surface area contributed by atoms with Gasteiger partial charge in [-0.3, -0.25) is 0 Å². The van der Waals surface area contributed by atoms with Crippen LogP contribution in [0.2, 0.25) is 0 Å². The largest absolute Gasteiger partial charge is 0.392 e. The van der Waals surface area contributed by atoms with E-state index in [0.29, 0.717) is 0 Å². The van der Waals surface area contributed by atoms with Crippen LogP contribution < -0.4 is 8.37 Å². The highest BCUT2D eigenvalue weighted by atomic mass is 32.5. The quantitative estimate of drug-likeness (QED) is 0.614. The number of hydrogen-bond acceptors (Lipinski definition) is 3. The summed E-state index contributed by atoms with van der Waals surface area (Å²) in [6.45, 7) is 0. The van der Waals surface area contributed by atoms with Crippen LogP contribution in [-0.2, 0) is 11.3 Å². The number of nitrogens with zero attached hydrogens (tertiary/aromatic N) is 1. The Balaban J connectivity index is 2.35. The average molecular weight is 359 g/mol. The lowest BCUT2D eigenvalue weighted by atomic mass is 10.3. The molecule has 3 nitrogen and oxygen atoms in total. The maximum absolute atomic E-state index is 12.6. The van der Waals surface area contributed by atoms with Crippen LogP contribution in [-0.4, -0.2) is 0 Å². The molecule has 0 fully saturated rings. The summed E-state index contributed by atoms with van der Waals surface area (Å²) in [4.78, 5) is 0. The third kappa shape index (κ3) is 6.31. The first-order chi connectivity index (χ1) is 10.0. The molecule has 22 heavy (non-hydrogen) atoms. The number of hydrogen-bond donors (Lipinski definition) is 0. The van der Waals surface area contributed by atoms with Crippen molar-refractivity contribution in [1.29, 1.82) is 0 Å². The highest BCUT2D eigenvalue weighted by Crippen LogP contribution is 2.99. The molecule has 0 aliphatic rings. The molecule has 0 atom stereocenters. The molecule has 2 aromatic carbocycles. The Morgan fingerprint density at radius 2 is 1.05 bits per heavy atom. The molecule has 0 amide bonds. The van der Waals surface area contributed by atoms with Crippen LogP contribution in [0, 0.1) is 0 Å². The standard InChI is InChI=1S/C12H10F5NO2S2/c13-22(14,15,16,17)18-21(19-11-7-3-1-4-8-11)20-12-9-5-2-6-10-12/h1-10H. The van der Waals surface area contributed by atoms with Gasteiger partial charge in [0.1, 0.15) is 11.5 Å². The fourth-order valence-corrected chi connectivity index (χ4v) is 3.03. The fourth-order valence-electron chi connectivity index (χ4n) is 1.28. The molecule has 0 bridgehead atoms. The van der Waals surface area contributed by atoms with E-state index < -0.39 is 21.7 Å². The zero-order valence-electron chi connectivity index (χ0n) is 10.7. The predicted octanol–water partition coefficient (Wildman–Crippen LogP) is 5.99. The molecule has 0 unspecified atom stereocenters. The van der Waals surface area contributed by atoms with Crippen molar-refractivity contribution in [2.45, 2.75) is 0 Å². The van der Waals surface area contributed by atoms with Crippen molar-refractivity contribution in [3.8, 4) is 11.5 Å². The van der Waals surface area contributed by atoms with Crippen molar-refractivity contribution in [3.63, 3.8) is 0 Å². The minimum Gasteiger partial charge on any atom is -0.386 e. The molecule has 0 aromatic heterocycles. The van der Waals surface area contributed by atoms with Crippen molar-refractivity contribution in [3.05, 3.63) is 60.7 Å². The molecule has 10 heteroatoms. The zero-order valence-corrected chi connectivity index (χ0v) is 12.4. The number of benzene rings is 2. The smallest absolute Gasteiger partial charge is 0.386 e. The van der Waals surface area contributed by atoms with E-state index in [9.17, 15) is 19.4 Å². The van der Waals surface area contributed by atoms with Gasteiger partial charge in [0, 0.05) is 0 Å². The van der Waals surface area contributed by atoms with E-state index in [1.807, 2.05) is 0 Å². The van der Waals surface area contributed by atoms with Gasteiger partial charge in [0.2, 0.25) is 0 Å². The second-order valence-corrected chi connectivity index (χ2v) is 7.23. The van der Waals surface area contributed by atoms with Crippen LogP contribution in [0.15, 0.2) is 64.4 Å². The van der Waals surface area contributed by atoms with E-state index in [0.717, 1.165) is 0 Å². The summed E-state index contributed by atoms with van der Waals surface area (Å²) in [5.74, 6) is -0.153. The maximum atomic E-state index is 12.6. The lowest BCUT2D eigenvalue weighted by Crippen LogP contribution is -2.13. The van der Waals surface area contributed by atoms with Crippen LogP contribution in [0.1, 0.15) is 0 Å². The first-order valence-corrected chi connectivity index (χ1v) is 8.64. The molecule has 0 N–H and O–H groups in total. The summed E-state index contributed by atoms with van der Waals surface area (Å²) in [7, 11) is -10.0. The highest BCUT2D eigenvalue weighted by Gasteiger charge is 2.65. The molecule has 0 aliphatic carbocycles. The van der Waals surface area contributed by atoms with Crippen LogP contribution in [0.3, 0.4) is 0 Å². The van der Waals surface area contributed by atoms with Crippen molar-refractivity contribution in [1.82, 2.24) is 0 Å².